The Morgan fingerprint density at radius 3 is 2.48 bits per heavy atom. The molecule has 0 unspecified atom stereocenters. The number of hydrogen-bond acceptors (Lipinski definition) is 2. The van der Waals surface area contributed by atoms with E-state index < -0.39 is 0 Å². The minimum Gasteiger partial charge on any atom is -0.343 e. The minimum absolute atomic E-state index is 0.300. The maximum absolute atomic E-state index is 12.5. The van der Waals surface area contributed by atoms with Crippen molar-refractivity contribution < 1.29 is 4.79 Å². The Balaban J connectivity index is 1.30. The standard InChI is InChI=1S/C23H27N3O/c1-25-21-12-6-5-11-20(21)24-23(25)19-14-16-26(17-15-19)22(27)13-7-10-18-8-3-2-4-9-18/h2-6,8-9,11-12,19H,7,10,13-17H2,1H3. The average molecular weight is 361 g/mol. The Morgan fingerprint density at radius 1 is 1.04 bits per heavy atom. The third-order valence-electron chi connectivity index (χ3n) is 5.73. The van der Waals surface area contributed by atoms with E-state index in [1.54, 1.807) is 0 Å². The van der Waals surface area contributed by atoms with Crippen LogP contribution in [0.5, 0.6) is 0 Å². The number of amides is 1. The van der Waals surface area contributed by atoms with Crippen molar-refractivity contribution in [1.29, 1.82) is 0 Å². The van der Waals surface area contributed by atoms with E-state index in [1.807, 2.05) is 17.0 Å². The Labute approximate surface area is 160 Å². The average Bonchev–Trinajstić information content (AvgIpc) is 3.06. The summed E-state index contributed by atoms with van der Waals surface area (Å²) in [7, 11) is 2.10. The van der Waals surface area contributed by atoms with Crippen molar-refractivity contribution in [2.75, 3.05) is 13.1 Å². The lowest BCUT2D eigenvalue weighted by Gasteiger charge is -2.31. The Kier molecular flexibility index (Phi) is 5.23. The summed E-state index contributed by atoms with van der Waals surface area (Å²) in [5.74, 6) is 1.90. The lowest BCUT2D eigenvalue weighted by atomic mass is 9.95. The number of carbonyl (C=O) groups is 1. The molecule has 4 heteroatoms. The number of likely N-dealkylation sites (tertiary alicyclic amines) is 1. The molecule has 1 aromatic heterocycles. The molecule has 2 aromatic carbocycles. The molecule has 1 fully saturated rings. The zero-order valence-corrected chi connectivity index (χ0v) is 16.0. The van der Waals surface area contributed by atoms with Crippen LogP contribution in [0, 0.1) is 0 Å². The van der Waals surface area contributed by atoms with Crippen molar-refractivity contribution in [3.05, 3.63) is 66.0 Å². The van der Waals surface area contributed by atoms with Gasteiger partial charge in [-0.05, 0) is 43.4 Å². The fourth-order valence-corrected chi connectivity index (χ4v) is 4.16. The smallest absolute Gasteiger partial charge is 0.222 e. The van der Waals surface area contributed by atoms with E-state index in [1.165, 1.54) is 11.1 Å². The molecule has 1 aliphatic heterocycles. The second kappa shape index (κ2) is 7.95. The van der Waals surface area contributed by atoms with Gasteiger partial charge in [0.25, 0.3) is 0 Å². The monoisotopic (exact) mass is 361 g/mol. The first-order valence-corrected chi connectivity index (χ1v) is 9.95. The quantitative estimate of drug-likeness (QED) is 0.679. The first-order chi connectivity index (χ1) is 13.2. The molecule has 4 nitrogen and oxygen atoms in total. The molecule has 1 saturated heterocycles. The predicted octanol–water partition coefficient (Wildman–Crippen LogP) is 4.30. The van der Waals surface area contributed by atoms with Gasteiger partial charge < -0.3 is 9.47 Å². The van der Waals surface area contributed by atoms with E-state index in [9.17, 15) is 4.79 Å². The highest BCUT2D eigenvalue weighted by atomic mass is 16.2. The number of nitrogens with zero attached hydrogens (tertiary/aromatic N) is 3. The van der Waals surface area contributed by atoms with Gasteiger partial charge in [-0.25, -0.2) is 4.98 Å². The summed E-state index contributed by atoms with van der Waals surface area (Å²) in [6, 6.07) is 18.7. The molecule has 0 bridgehead atoms. The highest BCUT2D eigenvalue weighted by Gasteiger charge is 2.26. The Morgan fingerprint density at radius 2 is 1.74 bits per heavy atom. The van der Waals surface area contributed by atoms with Crippen molar-refractivity contribution in [2.24, 2.45) is 7.05 Å². The number of aryl methyl sites for hydroxylation is 2. The molecule has 0 N–H and O–H groups in total. The molecule has 1 amide bonds. The summed E-state index contributed by atoms with van der Waals surface area (Å²) in [4.78, 5) is 19.4. The van der Waals surface area contributed by atoms with Crippen LogP contribution in [0.3, 0.4) is 0 Å². The van der Waals surface area contributed by atoms with E-state index >= 15 is 0 Å². The summed E-state index contributed by atoms with van der Waals surface area (Å²) < 4.78 is 2.22. The third kappa shape index (κ3) is 3.90. The number of imidazole rings is 1. The van der Waals surface area contributed by atoms with Crippen molar-refractivity contribution in [3.8, 4) is 0 Å². The van der Waals surface area contributed by atoms with Crippen LogP contribution in [-0.2, 0) is 18.3 Å². The largest absolute Gasteiger partial charge is 0.343 e. The fraction of sp³-hybridized carbons (Fsp3) is 0.391. The molecular weight excluding hydrogens is 334 g/mol. The molecule has 3 aromatic rings. The number of piperidine rings is 1. The number of rotatable bonds is 5. The van der Waals surface area contributed by atoms with Gasteiger partial charge in [0.1, 0.15) is 5.82 Å². The molecule has 0 atom stereocenters. The second-order valence-corrected chi connectivity index (χ2v) is 7.51. The van der Waals surface area contributed by atoms with Crippen molar-refractivity contribution in [3.63, 3.8) is 0 Å². The number of fused-ring (bicyclic) bond motifs is 1. The topological polar surface area (TPSA) is 38.1 Å². The first kappa shape index (κ1) is 17.8. The van der Waals surface area contributed by atoms with Crippen LogP contribution >= 0.6 is 0 Å². The SMILES string of the molecule is Cn1c(C2CCN(C(=O)CCCc3ccccc3)CC2)nc2ccccc21. The van der Waals surface area contributed by atoms with Gasteiger partial charge in [-0.15, -0.1) is 0 Å². The Bertz CT molecular complexity index is 908. The van der Waals surface area contributed by atoms with Crippen molar-refractivity contribution in [2.45, 2.75) is 38.0 Å². The molecule has 140 valence electrons. The van der Waals surface area contributed by atoms with Crippen molar-refractivity contribution >= 4 is 16.9 Å². The van der Waals surface area contributed by atoms with E-state index in [0.29, 0.717) is 18.2 Å². The predicted molar refractivity (Wildman–Crippen MR) is 109 cm³/mol. The van der Waals surface area contributed by atoms with Gasteiger partial charge in [0, 0.05) is 32.5 Å². The molecule has 27 heavy (non-hydrogen) atoms. The molecule has 4 rings (SSSR count). The molecule has 2 heterocycles. The van der Waals surface area contributed by atoms with Crippen LogP contribution in [-0.4, -0.2) is 33.4 Å². The molecular formula is C23H27N3O. The van der Waals surface area contributed by atoms with Gasteiger partial charge in [-0.1, -0.05) is 42.5 Å². The van der Waals surface area contributed by atoms with Gasteiger partial charge >= 0.3 is 0 Å². The van der Waals surface area contributed by atoms with E-state index in [4.69, 9.17) is 4.98 Å². The number of para-hydroxylation sites is 2. The lowest BCUT2D eigenvalue weighted by Crippen LogP contribution is -2.38. The van der Waals surface area contributed by atoms with E-state index in [2.05, 4.69) is 54.1 Å². The van der Waals surface area contributed by atoms with Crippen molar-refractivity contribution in [1.82, 2.24) is 14.5 Å². The second-order valence-electron chi connectivity index (χ2n) is 7.51. The minimum atomic E-state index is 0.300. The molecule has 0 radical (unpaired) electrons. The third-order valence-corrected chi connectivity index (χ3v) is 5.73. The highest BCUT2D eigenvalue weighted by molar-refractivity contribution is 5.77. The summed E-state index contributed by atoms with van der Waals surface area (Å²) in [6.45, 7) is 1.69. The summed E-state index contributed by atoms with van der Waals surface area (Å²) in [6.07, 6.45) is 4.55. The van der Waals surface area contributed by atoms with Crippen LogP contribution in [0.2, 0.25) is 0 Å². The van der Waals surface area contributed by atoms with Crippen LogP contribution in [0.15, 0.2) is 54.6 Å². The lowest BCUT2D eigenvalue weighted by molar-refractivity contribution is -0.132. The number of carbonyl (C=O) groups excluding carboxylic acids is 1. The zero-order chi connectivity index (χ0) is 18.6. The molecule has 0 spiro atoms. The van der Waals surface area contributed by atoms with E-state index in [-0.39, 0.29) is 0 Å². The molecule has 1 aliphatic rings. The van der Waals surface area contributed by atoms with Gasteiger partial charge in [0.15, 0.2) is 0 Å². The molecule has 0 aliphatic carbocycles. The van der Waals surface area contributed by atoms with Gasteiger partial charge in [0.2, 0.25) is 5.91 Å². The summed E-state index contributed by atoms with van der Waals surface area (Å²) >= 11 is 0. The van der Waals surface area contributed by atoms with Gasteiger partial charge in [0.05, 0.1) is 11.0 Å². The van der Waals surface area contributed by atoms with Crippen LogP contribution in [0.1, 0.15) is 43.0 Å². The maximum Gasteiger partial charge on any atom is 0.222 e. The Hall–Kier alpha value is -2.62. The van der Waals surface area contributed by atoms with Crippen LogP contribution in [0.25, 0.3) is 11.0 Å². The number of aromatic nitrogens is 2. The highest BCUT2D eigenvalue weighted by Crippen LogP contribution is 2.29. The van der Waals surface area contributed by atoms with E-state index in [0.717, 1.165) is 50.1 Å². The number of benzene rings is 2. The zero-order valence-electron chi connectivity index (χ0n) is 16.0. The molecule has 0 saturated carbocycles. The summed E-state index contributed by atoms with van der Waals surface area (Å²) in [5, 5.41) is 0. The number of hydrogen-bond donors (Lipinski definition) is 0. The fourth-order valence-electron chi connectivity index (χ4n) is 4.16. The maximum atomic E-state index is 12.5. The van der Waals surface area contributed by atoms with Crippen LogP contribution in [0.4, 0.5) is 0 Å². The first-order valence-electron chi connectivity index (χ1n) is 9.95. The van der Waals surface area contributed by atoms with Gasteiger partial charge in [-0.2, -0.15) is 0 Å². The van der Waals surface area contributed by atoms with Gasteiger partial charge in [-0.3, -0.25) is 4.79 Å². The summed E-state index contributed by atoms with van der Waals surface area (Å²) in [5.41, 5.74) is 3.56. The normalized spacial score (nSPS) is 15.4. The van der Waals surface area contributed by atoms with Crippen LogP contribution < -0.4 is 0 Å².